The van der Waals surface area contributed by atoms with Gasteiger partial charge in [0.1, 0.15) is 0 Å². The van der Waals surface area contributed by atoms with Crippen LogP contribution in [0.4, 0.5) is 0 Å². The molecule has 0 aliphatic heterocycles. The number of nitrogens with two attached hydrogens (primary N) is 1. The van der Waals surface area contributed by atoms with E-state index in [4.69, 9.17) is 5.84 Å². The van der Waals surface area contributed by atoms with Gasteiger partial charge in [0.25, 0.3) is 0 Å². The monoisotopic (exact) mass is 278 g/mol. The molecule has 19 heavy (non-hydrogen) atoms. The molecule has 0 spiro atoms. The first-order valence-electron chi connectivity index (χ1n) is 5.60. The number of aryl methyl sites for hydroxylation is 2. The van der Waals surface area contributed by atoms with Crippen LogP contribution in [0.25, 0.3) is 5.69 Å². The van der Waals surface area contributed by atoms with Gasteiger partial charge in [-0.3, -0.25) is 10.2 Å². The van der Waals surface area contributed by atoms with E-state index in [1.54, 1.807) is 4.68 Å². The minimum Gasteiger partial charge on any atom is -0.294 e. The molecule has 0 aliphatic rings. The average Bonchev–Trinajstić information content (AvgIpc) is 2.87. The Morgan fingerprint density at radius 2 is 2.21 bits per heavy atom. The number of hydrogen-bond acceptors (Lipinski definition) is 6. The summed E-state index contributed by atoms with van der Waals surface area (Å²) < 4.78 is 1.60. The lowest BCUT2D eigenvalue weighted by atomic mass is 10.1. The van der Waals surface area contributed by atoms with E-state index in [1.807, 2.05) is 32.0 Å². The van der Waals surface area contributed by atoms with Crippen molar-refractivity contribution in [3.05, 3.63) is 29.3 Å². The number of amides is 1. The molecule has 1 heterocycles. The molecule has 0 aliphatic carbocycles. The van der Waals surface area contributed by atoms with Crippen LogP contribution in [0.5, 0.6) is 0 Å². The summed E-state index contributed by atoms with van der Waals surface area (Å²) in [5.74, 6) is 4.92. The first-order valence-corrected chi connectivity index (χ1v) is 6.58. The van der Waals surface area contributed by atoms with Gasteiger partial charge in [0.05, 0.1) is 11.4 Å². The van der Waals surface area contributed by atoms with Crippen LogP contribution in [0.2, 0.25) is 0 Å². The molecule has 1 aromatic heterocycles. The first-order chi connectivity index (χ1) is 9.11. The van der Waals surface area contributed by atoms with Gasteiger partial charge in [0.15, 0.2) is 0 Å². The van der Waals surface area contributed by atoms with E-state index in [0.717, 1.165) is 11.3 Å². The topological polar surface area (TPSA) is 98.7 Å². The van der Waals surface area contributed by atoms with Crippen LogP contribution in [0.15, 0.2) is 23.4 Å². The molecule has 100 valence electrons. The van der Waals surface area contributed by atoms with Gasteiger partial charge in [-0.05, 0) is 47.5 Å². The van der Waals surface area contributed by atoms with Gasteiger partial charge < -0.3 is 0 Å². The van der Waals surface area contributed by atoms with Crippen molar-refractivity contribution in [2.45, 2.75) is 19.0 Å². The highest BCUT2D eigenvalue weighted by Crippen LogP contribution is 2.19. The minimum atomic E-state index is -0.278. The zero-order chi connectivity index (χ0) is 13.8. The van der Waals surface area contributed by atoms with Crippen LogP contribution < -0.4 is 11.3 Å². The lowest BCUT2D eigenvalue weighted by Gasteiger charge is -2.06. The zero-order valence-corrected chi connectivity index (χ0v) is 11.4. The number of carbonyl (C=O) groups excluding carboxylic acids is 1. The molecule has 1 aromatic carbocycles. The summed E-state index contributed by atoms with van der Waals surface area (Å²) in [5, 5.41) is 12.0. The van der Waals surface area contributed by atoms with Crippen molar-refractivity contribution in [3.8, 4) is 5.69 Å². The average molecular weight is 278 g/mol. The Morgan fingerprint density at radius 3 is 2.89 bits per heavy atom. The number of nitrogens with zero attached hydrogens (tertiary/aromatic N) is 4. The van der Waals surface area contributed by atoms with E-state index in [0.29, 0.717) is 5.16 Å². The van der Waals surface area contributed by atoms with E-state index in [1.165, 1.54) is 17.3 Å². The van der Waals surface area contributed by atoms with Crippen LogP contribution >= 0.6 is 11.8 Å². The third-order valence-corrected chi connectivity index (χ3v) is 3.59. The molecule has 0 atom stereocenters. The van der Waals surface area contributed by atoms with Gasteiger partial charge in [-0.2, -0.15) is 4.68 Å². The molecule has 8 heteroatoms. The van der Waals surface area contributed by atoms with Crippen molar-refractivity contribution < 1.29 is 4.79 Å². The SMILES string of the molecule is Cc1ccc(-n2nnnc2SCC(=O)NN)cc1C. The summed E-state index contributed by atoms with van der Waals surface area (Å²) in [6, 6.07) is 5.94. The minimum absolute atomic E-state index is 0.168. The van der Waals surface area contributed by atoms with Crippen LogP contribution in [-0.2, 0) is 4.79 Å². The molecule has 2 aromatic rings. The van der Waals surface area contributed by atoms with Crippen LogP contribution in [0, 0.1) is 13.8 Å². The summed E-state index contributed by atoms with van der Waals surface area (Å²) in [6.07, 6.45) is 0. The number of aromatic nitrogens is 4. The van der Waals surface area contributed by atoms with E-state index < -0.39 is 0 Å². The van der Waals surface area contributed by atoms with Crippen molar-refractivity contribution in [3.63, 3.8) is 0 Å². The van der Waals surface area contributed by atoms with Crippen LogP contribution in [0.3, 0.4) is 0 Å². The fraction of sp³-hybridized carbons (Fsp3) is 0.273. The molecular formula is C11H14N6OS. The van der Waals surface area contributed by atoms with Gasteiger partial charge in [-0.1, -0.05) is 17.8 Å². The van der Waals surface area contributed by atoms with Crippen LogP contribution in [-0.4, -0.2) is 31.9 Å². The van der Waals surface area contributed by atoms with Crippen molar-refractivity contribution in [2.24, 2.45) is 5.84 Å². The highest BCUT2D eigenvalue weighted by atomic mass is 32.2. The fourth-order valence-electron chi connectivity index (χ4n) is 1.46. The Labute approximate surface area is 114 Å². The fourth-order valence-corrected chi connectivity index (χ4v) is 2.16. The Balaban J connectivity index is 2.23. The second-order valence-corrected chi connectivity index (χ2v) is 4.94. The Kier molecular flexibility index (Phi) is 4.13. The number of rotatable bonds is 4. The molecule has 0 fully saturated rings. The largest absolute Gasteiger partial charge is 0.294 e. The van der Waals surface area contributed by atoms with E-state index in [-0.39, 0.29) is 11.7 Å². The molecule has 1 amide bonds. The third-order valence-electron chi connectivity index (χ3n) is 2.67. The predicted molar refractivity (Wildman–Crippen MR) is 71.7 cm³/mol. The van der Waals surface area contributed by atoms with Gasteiger partial charge in [-0.25, -0.2) is 5.84 Å². The number of hydrazine groups is 1. The number of nitrogens with one attached hydrogen (secondary N) is 1. The quantitative estimate of drug-likeness (QED) is 0.363. The molecule has 3 N–H and O–H groups in total. The summed E-state index contributed by atoms with van der Waals surface area (Å²) in [5.41, 5.74) is 5.29. The summed E-state index contributed by atoms with van der Waals surface area (Å²) in [4.78, 5) is 11.1. The molecule has 0 saturated heterocycles. The van der Waals surface area contributed by atoms with Gasteiger partial charge in [0, 0.05) is 0 Å². The first kappa shape index (κ1) is 13.5. The second kappa shape index (κ2) is 5.81. The highest BCUT2D eigenvalue weighted by molar-refractivity contribution is 7.99. The van der Waals surface area contributed by atoms with E-state index in [2.05, 4.69) is 21.0 Å². The molecule has 2 rings (SSSR count). The molecule has 0 bridgehead atoms. The van der Waals surface area contributed by atoms with Gasteiger partial charge in [-0.15, -0.1) is 5.10 Å². The van der Waals surface area contributed by atoms with Crippen molar-refractivity contribution in [1.82, 2.24) is 25.6 Å². The molecule has 7 nitrogen and oxygen atoms in total. The summed E-state index contributed by atoms with van der Waals surface area (Å²) in [6.45, 7) is 4.07. The number of hydrogen-bond donors (Lipinski definition) is 2. The molecular weight excluding hydrogens is 264 g/mol. The molecule has 0 unspecified atom stereocenters. The molecule has 0 radical (unpaired) electrons. The number of benzene rings is 1. The van der Waals surface area contributed by atoms with Crippen molar-refractivity contribution >= 4 is 17.7 Å². The zero-order valence-electron chi connectivity index (χ0n) is 10.6. The van der Waals surface area contributed by atoms with Crippen molar-refractivity contribution in [2.75, 3.05) is 5.75 Å². The number of carbonyl (C=O) groups is 1. The Bertz CT molecular complexity index is 597. The predicted octanol–water partition coefficient (Wildman–Crippen LogP) is 0.361. The number of tetrazole rings is 1. The standard InChI is InChI=1S/C11H14N6OS/c1-7-3-4-9(5-8(7)2)17-11(14-15-16-17)19-6-10(18)13-12/h3-5H,6,12H2,1-2H3,(H,13,18). The lowest BCUT2D eigenvalue weighted by molar-refractivity contribution is -0.118. The molecule has 0 saturated carbocycles. The maximum atomic E-state index is 11.1. The third kappa shape index (κ3) is 3.09. The summed E-state index contributed by atoms with van der Waals surface area (Å²) >= 11 is 1.23. The van der Waals surface area contributed by atoms with E-state index in [9.17, 15) is 4.79 Å². The maximum Gasteiger partial charge on any atom is 0.244 e. The smallest absolute Gasteiger partial charge is 0.244 e. The highest BCUT2D eigenvalue weighted by Gasteiger charge is 2.11. The second-order valence-electron chi connectivity index (χ2n) is 4.00. The Morgan fingerprint density at radius 1 is 1.42 bits per heavy atom. The maximum absolute atomic E-state index is 11.1. The van der Waals surface area contributed by atoms with E-state index >= 15 is 0 Å². The Hall–Kier alpha value is -1.93. The van der Waals surface area contributed by atoms with Crippen molar-refractivity contribution in [1.29, 1.82) is 0 Å². The normalized spacial score (nSPS) is 10.5. The summed E-state index contributed by atoms with van der Waals surface area (Å²) in [7, 11) is 0. The van der Waals surface area contributed by atoms with Gasteiger partial charge in [0.2, 0.25) is 11.1 Å². The number of thioether (sulfide) groups is 1. The van der Waals surface area contributed by atoms with Gasteiger partial charge >= 0.3 is 0 Å². The lowest BCUT2D eigenvalue weighted by Crippen LogP contribution is -2.31. The van der Waals surface area contributed by atoms with Crippen LogP contribution in [0.1, 0.15) is 11.1 Å².